The minimum atomic E-state index is -1.00. The lowest BCUT2D eigenvalue weighted by Crippen LogP contribution is -2.28. The van der Waals surface area contributed by atoms with E-state index in [0.29, 0.717) is 13.0 Å². The van der Waals surface area contributed by atoms with E-state index >= 15 is 0 Å². The van der Waals surface area contributed by atoms with Gasteiger partial charge in [0, 0.05) is 5.92 Å². The molecule has 0 spiro atoms. The van der Waals surface area contributed by atoms with Crippen molar-refractivity contribution in [1.82, 2.24) is 5.06 Å². The van der Waals surface area contributed by atoms with Gasteiger partial charge in [-0.3, -0.25) is 0 Å². The largest absolute Gasteiger partial charge is 0.443 e. The normalized spacial score (nSPS) is 20.5. The topological polar surface area (TPSA) is 59.0 Å². The van der Waals surface area contributed by atoms with E-state index in [-0.39, 0.29) is 12.5 Å². The van der Waals surface area contributed by atoms with Gasteiger partial charge in [0.1, 0.15) is 6.61 Å². The van der Waals surface area contributed by atoms with Gasteiger partial charge in [-0.15, -0.1) is 0 Å². The lowest BCUT2D eigenvalue weighted by molar-refractivity contribution is -0.200. The summed E-state index contributed by atoms with van der Waals surface area (Å²) < 4.78 is 5.21. The molecule has 1 aliphatic heterocycles. The van der Waals surface area contributed by atoms with Gasteiger partial charge in [0.25, 0.3) is 0 Å². The van der Waals surface area contributed by atoms with Gasteiger partial charge in [-0.05, 0) is 17.5 Å². The molecular weight excluding hydrogens is 294 g/mol. The third-order valence-corrected chi connectivity index (χ3v) is 3.79. The number of nitrogens with zero attached hydrogens (tertiary/aromatic N) is 1. The van der Waals surface area contributed by atoms with E-state index in [9.17, 15) is 9.90 Å². The summed E-state index contributed by atoms with van der Waals surface area (Å²) in [5.74, 6) is -0.165. The van der Waals surface area contributed by atoms with Gasteiger partial charge in [-0.25, -0.2) is 9.63 Å². The third kappa shape index (κ3) is 4.09. The molecule has 23 heavy (non-hydrogen) atoms. The van der Waals surface area contributed by atoms with E-state index in [4.69, 9.17) is 9.57 Å². The maximum atomic E-state index is 12.0. The van der Waals surface area contributed by atoms with Gasteiger partial charge < -0.3 is 9.84 Å². The van der Waals surface area contributed by atoms with Crippen LogP contribution in [0.5, 0.6) is 0 Å². The number of hydroxylamine groups is 2. The molecule has 3 rings (SSSR count). The summed E-state index contributed by atoms with van der Waals surface area (Å²) in [5.41, 5.74) is 2.00. The molecule has 120 valence electrons. The fourth-order valence-electron chi connectivity index (χ4n) is 2.55. The number of ether oxygens (including phenoxy) is 1. The van der Waals surface area contributed by atoms with Crippen LogP contribution in [-0.4, -0.2) is 29.1 Å². The minimum absolute atomic E-state index is 0.165. The van der Waals surface area contributed by atoms with Crippen LogP contribution in [0.1, 0.15) is 11.1 Å². The van der Waals surface area contributed by atoms with E-state index in [0.717, 1.165) is 16.2 Å². The molecule has 1 amide bonds. The second-order valence-corrected chi connectivity index (χ2v) is 5.55. The first-order valence-corrected chi connectivity index (χ1v) is 7.59. The Morgan fingerprint density at radius 1 is 1.09 bits per heavy atom. The number of hydrogen-bond acceptors (Lipinski definition) is 4. The number of aliphatic hydroxyl groups is 1. The van der Waals surface area contributed by atoms with Crippen LogP contribution in [0.2, 0.25) is 0 Å². The Morgan fingerprint density at radius 3 is 2.35 bits per heavy atom. The van der Waals surface area contributed by atoms with Crippen molar-refractivity contribution in [2.24, 2.45) is 5.92 Å². The molecule has 0 radical (unpaired) electrons. The number of aliphatic hydroxyl groups excluding tert-OH is 1. The molecule has 0 saturated carbocycles. The quantitative estimate of drug-likeness (QED) is 0.943. The monoisotopic (exact) mass is 313 g/mol. The Labute approximate surface area is 135 Å². The number of amides is 1. The second kappa shape index (κ2) is 7.26. The average Bonchev–Trinajstić information content (AvgIpc) is 2.95. The predicted octanol–water partition coefficient (Wildman–Crippen LogP) is 2.75. The van der Waals surface area contributed by atoms with Crippen LogP contribution in [-0.2, 0) is 22.6 Å². The highest BCUT2D eigenvalue weighted by molar-refractivity contribution is 5.66. The van der Waals surface area contributed by atoms with E-state index in [1.807, 2.05) is 60.7 Å². The molecule has 0 aromatic heterocycles. The fourth-order valence-corrected chi connectivity index (χ4v) is 2.55. The molecule has 2 unspecified atom stereocenters. The highest BCUT2D eigenvalue weighted by Crippen LogP contribution is 2.23. The molecule has 5 nitrogen and oxygen atoms in total. The molecule has 2 aromatic carbocycles. The molecule has 1 N–H and O–H groups in total. The van der Waals surface area contributed by atoms with Crippen molar-refractivity contribution in [2.45, 2.75) is 19.3 Å². The van der Waals surface area contributed by atoms with Gasteiger partial charge in [-0.1, -0.05) is 60.7 Å². The summed E-state index contributed by atoms with van der Waals surface area (Å²) in [6, 6.07) is 19.2. The summed E-state index contributed by atoms with van der Waals surface area (Å²) in [5, 5.41) is 11.1. The number of benzene rings is 2. The zero-order chi connectivity index (χ0) is 16.1. The molecule has 0 aliphatic carbocycles. The molecule has 1 heterocycles. The fraction of sp³-hybridized carbons (Fsp3) is 0.278. The molecular formula is C18H19NO4. The van der Waals surface area contributed by atoms with Crippen LogP contribution in [0.15, 0.2) is 60.7 Å². The first kappa shape index (κ1) is 15.5. The first-order chi connectivity index (χ1) is 11.2. The number of rotatable bonds is 4. The van der Waals surface area contributed by atoms with Gasteiger partial charge >= 0.3 is 6.09 Å². The first-order valence-electron chi connectivity index (χ1n) is 7.59. The number of carbonyl (C=O) groups is 1. The van der Waals surface area contributed by atoms with E-state index in [1.54, 1.807) is 0 Å². The summed E-state index contributed by atoms with van der Waals surface area (Å²) >= 11 is 0. The Bertz CT molecular complexity index is 632. The molecule has 1 fully saturated rings. The SMILES string of the molecule is O=C(OCc1ccccc1)N1CC(Cc2ccccc2)C(O)O1. The van der Waals surface area contributed by atoms with Crippen LogP contribution in [0.25, 0.3) is 0 Å². The van der Waals surface area contributed by atoms with Crippen LogP contribution in [0.3, 0.4) is 0 Å². The zero-order valence-corrected chi connectivity index (χ0v) is 12.7. The molecule has 1 saturated heterocycles. The summed E-state index contributed by atoms with van der Waals surface area (Å²) in [4.78, 5) is 17.2. The molecule has 0 bridgehead atoms. The van der Waals surface area contributed by atoms with Crippen molar-refractivity contribution >= 4 is 6.09 Å². The van der Waals surface area contributed by atoms with E-state index in [2.05, 4.69) is 0 Å². The van der Waals surface area contributed by atoms with E-state index < -0.39 is 12.4 Å². The van der Waals surface area contributed by atoms with Crippen LogP contribution in [0, 0.1) is 5.92 Å². The second-order valence-electron chi connectivity index (χ2n) is 5.55. The zero-order valence-electron chi connectivity index (χ0n) is 12.7. The third-order valence-electron chi connectivity index (χ3n) is 3.79. The predicted molar refractivity (Wildman–Crippen MR) is 84.1 cm³/mol. The van der Waals surface area contributed by atoms with Crippen LogP contribution in [0.4, 0.5) is 4.79 Å². The Kier molecular flexibility index (Phi) is 4.90. The van der Waals surface area contributed by atoms with Gasteiger partial charge in [-0.2, -0.15) is 5.06 Å². The number of carbonyl (C=O) groups excluding carboxylic acids is 1. The summed E-state index contributed by atoms with van der Waals surface area (Å²) in [7, 11) is 0. The van der Waals surface area contributed by atoms with E-state index in [1.165, 1.54) is 0 Å². The molecule has 2 aromatic rings. The van der Waals surface area contributed by atoms with Crippen molar-refractivity contribution < 1.29 is 19.5 Å². The van der Waals surface area contributed by atoms with Crippen molar-refractivity contribution in [3.05, 3.63) is 71.8 Å². The summed E-state index contributed by atoms with van der Waals surface area (Å²) in [6.45, 7) is 0.489. The van der Waals surface area contributed by atoms with Crippen molar-refractivity contribution in [3.63, 3.8) is 0 Å². The maximum Gasteiger partial charge on any atom is 0.434 e. The lowest BCUT2D eigenvalue weighted by Gasteiger charge is -2.14. The van der Waals surface area contributed by atoms with Crippen molar-refractivity contribution in [1.29, 1.82) is 0 Å². The minimum Gasteiger partial charge on any atom is -0.443 e. The summed E-state index contributed by atoms with van der Waals surface area (Å²) in [6.07, 6.45) is -0.937. The molecule has 2 atom stereocenters. The smallest absolute Gasteiger partial charge is 0.434 e. The lowest BCUT2D eigenvalue weighted by atomic mass is 9.99. The van der Waals surface area contributed by atoms with Crippen molar-refractivity contribution in [3.8, 4) is 0 Å². The van der Waals surface area contributed by atoms with Gasteiger partial charge in [0.15, 0.2) is 6.29 Å². The van der Waals surface area contributed by atoms with Crippen LogP contribution < -0.4 is 0 Å². The van der Waals surface area contributed by atoms with Gasteiger partial charge in [0.2, 0.25) is 0 Å². The van der Waals surface area contributed by atoms with Crippen molar-refractivity contribution in [2.75, 3.05) is 6.54 Å². The molecule has 1 aliphatic rings. The van der Waals surface area contributed by atoms with Crippen LogP contribution >= 0.6 is 0 Å². The highest BCUT2D eigenvalue weighted by atomic mass is 16.8. The average molecular weight is 313 g/mol. The Morgan fingerprint density at radius 2 is 1.70 bits per heavy atom. The molecule has 5 heteroatoms. The maximum absolute atomic E-state index is 12.0. The highest BCUT2D eigenvalue weighted by Gasteiger charge is 2.36. The van der Waals surface area contributed by atoms with Gasteiger partial charge in [0.05, 0.1) is 6.54 Å². The Balaban J connectivity index is 1.52. The standard InChI is InChI=1S/C18H19NO4/c20-17-16(11-14-7-3-1-4-8-14)12-19(23-17)18(21)22-13-15-9-5-2-6-10-15/h1-10,16-17,20H,11-13H2. The Hall–Kier alpha value is -2.37. The number of hydrogen-bond donors (Lipinski definition) is 1.